The Morgan fingerprint density at radius 3 is 2.38 bits per heavy atom. The molecular weight excluding hydrogens is 225 g/mol. The van der Waals surface area contributed by atoms with Crippen LogP contribution in [0.5, 0.6) is 0 Å². The Balaban J connectivity index is 3.75. The summed E-state index contributed by atoms with van der Waals surface area (Å²) < 4.78 is 45.1. The quantitative estimate of drug-likeness (QED) is 0.508. The molecule has 0 bridgehead atoms. The van der Waals surface area contributed by atoms with Crippen molar-refractivity contribution in [2.75, 3.05) is 13.2 Å². The minimum Gasteiger partial charge on any atom is -0.464 e. The first-order valence-corrected chi connectivity index (χ1v) is 5.25. The van der Waals surface area contributed by atoms with Crippen molar-refractivity contribution < 1.29 is 27.4 Å². The number of carbonyl (C=O) groups excluding carboxylic acids is 1. The zero-order valence-corrected chi connectivity index (χ0v) is 9.47. The van der Waals surface area contributed by atoms with E-state index >= 15 is 0 Å². The van der Waals surface area contributed by atoms with Gasteiger partial charge in [-0.05, 0) is 19.8 Å². The molecule has 0 aromatic heterocycles. The predicted octanol–water partition coefficient (Wildman–Crippen LogP) is 2.69. The van der Waals surface area contributed by atoms with Crippen LogP contribution < -0.4 is 0 Å². The van der Waals surface area contributed by atoms with E-state index < -0.39 is 24.7 Å². The first-order chi connectivity index (χ1) is 7.40. The van der Waals surface area contributed by atoms with Gasteiger partial charge in [0.2, 0.25) is 0 Å². The third-order valence-corrected chi connectivity index (χ3v) is 1.84. The van der Waals surface area contributed by atoms with E-state index in [2.05, 4.69) is 0 Å². The molecule has 6 heteroatoms. The first kappa shape index (κ1) is 15.2. The Hall–Kier alpha value is -0.780. The highest BCUT2D eigenvalue weighted by Crippen LogP contribution is 2.21. The van der Waals surface area contributed by atoms with E-state index in [1.165, 1.54) is 0 Å². The van der Waals surface area contributed by atoms with Crippen molar-refractivity contribution in [2.45, 2.75) is 45.4 Å². The highest BCUT2D eigenvalue weighted by atomic mass is 19.4. The van der Waals surface area contributed by atoms with E-state index in [4.69, 9.17) is 9.47 Å². The maximum atomic E-state index is 11.8. The highest BCUT2D eigenvalue weighted by Gasteiger charge is 2.26. The van der Waals surface area contributed by atoms with Crippen molar-refractivity contribution in [1.82, 2.24) is 0 Å². The molecule has 16 heavy (non-hydrogen) atoms. The molecule has 0 spiro atoms. The standard InChI is InChI=1S/C10H17F3O3/c1-3-8(9(14)15-4-2)16-7-5-6-10(11,12)13/h8H,3-7H2,1-2H3. The number of hydrogen-bond donors (Lipinski definition) is 0. The molecule has 0 saturated carbocycles. The molecule has 0 aromatic carbocycles. The predicted molar refractivity (Wildman–Crippen MR) is 52.0 cm³/mol. The van der Waals surface area contributed by atoms with Gasteiger partial charge in [-0.25, -0.2) is 4.79 Å². The average Bonchev–Trinajstić information content (AvgIpc) is 2.16. The van der Waals surface area contributed by atoms with Gasteiger partial charge in [-0.3, -0.25) is 0 Å². The van der Waals surface area contributed by atoms with Crippen LogP contribution in [0.4, 0.5) is 13.2 Å². The summed E-state index contributed by atoms with van der Waals surface area (Å²) in [6.45, 7) is 3.53. The molecule has 0 radical (unpaired) electrons. The van der Waals surface area contributed by atoms with Gasteiger partial charge in [0, 0.05) is 13.0 Å². The number of esters is 1. The van der Waals surface area contributed by atoms with Crippen LogP contribution in [-0.4, -0.2) is 31.5 Å². The fourth-order valence-corrected chi connectivity index (χ4v) is 1.09. The number of hydrogen-bond acceptors (Lipinski definition) is 3. The number of ether oxygens (including phenoxy) is 2. The molecule has 96 valence electrons. The molecule has 0 aromatic rings. The fourth-order valence-electron chi connectivity index (χ4n) is 1.09. The maximum Gasteiger partial charge on any atom is 0.389 e. The summed E-state index contributed by atoms with van der Waals surface area (Å²) in [5, 5.41) is 0. The van der Waals surface area contributed by atoms with Crippen molar-refractivity contribution in [3.63, 3.8) is 0 Å². The molecule has 3 nitrogen and oxygen atoms in total. The Morgan fingerprint density at radius 1 is 1.31 bits per heavy atom. The maximum absolute atomic E-state index is 11.8. The van der Waals surface area contributed by atoms with Crippen LogP contribution in [-0.2, 0) is 14.3 Å². The molecule has 0 aliphatic carbocycles. The Bertz CT molecular complexity index is 204. The lowest BCUT2D eigenvalue weighted by molar-refractivity contribution is -0.158. The molecule has 0 rings (SSSR count). The average molecular weight is 242 g/mol. The van der Waals surface area contributed by atoms with Crippen LogP contribution in [0, 0.1) is 0 Å². The monoisotopic (exact) mass is 242 g/mol. The number of alkyl halides is 3. The lowest BCUT2D eigenvalue weighted by Gasteiger charge is -2.14. The highest BCUT2D eigenvalue weighted by molar-refractivity contribution is 5.74. The van der Waals surface area contributed by atoms with Crippen molar-refractivity contribution in [3.8, 4) is 0 Å². The lowest BCUT2D eigenvalue weighted by atomic mass is 10.2. The molecule has 0 fully saturated rings. The van der Waals surface area contributed by atoms with Gasteiger partial charge in [-0.15, -0.1) is 0 Å². The van der Waals surface area contributed by atoms with E-state index in [0.29, 0.717) is 6.42 Å². The fraction of sp³-hybridized carbons (Fsp3) is 0.900. The van der Waals surface area contributed by atoms with Crippen molar-refractivity contribution in [2.24, 2.45) is 0 Å². The van der Waals surface area contributed by atoms with E-state index in [1.54, 1.807) is 13.8 Å². The zero-order chi connectivity index (χ0) is 12.6. The normalized spacial score (nSPS) is 13.6. The Kier molecular flexibility index (Phi) is 7.12. The lowest BCUT2D eigenvalue weighted by Crippen LogP contribution is -2.26. The second kappa shape index (κ2) is 7.49. The van der Waals surface area contributed by atoms with Gasteiger partial charge < -0.3 is 9.47 Å². The second-order valence-corrected chi connectivity index (χ2v) is 3.24. The molecule has 0 N–H and O–H groups in total. The SMILES string of the molecule is CCOC(=O)C(CC)OCCCC(F)(F)F. The van der Waals surface area contributed by atoms with Crippen molar-refractivity contribution in [3.05, 3.63) is 0 Å². The van der Waals surface area contributed by atoms with Crippen LogP contribution in [0.25, 0.3) is 0 Å². The summed E-state index contributed by atoms with van der Waals surface area (Å²) >= 11 is 0. The molecule has 1 unspecified atom stereocenters. The van der Waals surface area contributed by atoms with Gasteiger partial charge in [-0.2, -0.15) is 13.2 Å². The summed E-state index contributed by atoms with van der Waals surface area (Å²) in [4.78, 5) is 11.2. The van der Waals surface area contributed by atoms with E-state index in [0.717, 1.165) is 0 Å². The summed E-state index contributed by atoms with van der Waals surface area (Å²) in [7, 11) is 0. The molecule has 0 saturated heterocycles. The largest absolute Gasteiger partial charge is 0.464 e. The van der Waals surface area contributed by atoms with Gasteiger partial charge in [0.15, 0.2) is 6.10 Å². The van der Waals surface area contributed by atoms with Gasteiger partial charge >= 0.3 is 12.1 Å². The van der Waals surface area contributed by atoms with Gasteiger partial charge in [0.1, 0.15) is 0 Å². The van der Waals surface area contributed by atoms with E-state index in [1.807, 2.05) is 0 Å². The summed E-state index contributed by atoms with van der Waals surface area (Å²) in [6, 6.07) is 0. The molecule has 0 amide bonds. The van der Waals surface area contributed by atoms with Crippen LogP contribution in [0.3, 0.4) is 0 Å². The van der Waals surface area contributed by atoms with Crippen LogP contribution in [0.2, 0.25) is 0 Å². The zero-order valence-electron chi connectivity index (χ0n) is 9.47. The van der Waals surface area contributed by atoms with Crippen LogP contribution >= 0.6 is 0 Å². The van der Waals surface area contributed by atoms with Crippen molar-refractivity contribution >= 4 is 5.97 Å². The number of carbonyl (C=O) groups is 1. The molecule has 1 atom stereocenters. The van der Waals surface area contributed by atoms with E-state index in [9.17, 15) is 18.0 Å². The number of rotatable bonds is 7. The first-order valence-electron chi connectivity index (χ1n) is 5.25. The van der Waals surface area contributed by atoms with Gasteiger partial charge in [0.05, 0.1) is 6.61 Å². The topological polar surface area (TPSA) is 35.5 Å². The third-order valence-electron chi connectivity index (χ3n) is 1.84. The summed E-state index contributed by atoms with van der Waals surface area (Å²) in [5.41, 5.74) is 0. The number of halogens is 3. The van der Waals surface area contributed by atoms with Crippen LogP contribution in [0.15, 0.2) is 0 Å². The smallest absolute Gasteiger partial charge is 0.389 e. The second-order valence-electron chi connectivity index (χ2n) is 3.24. The molecular formula is C10H17F3O3. The summed E-state index contributed by atoms with van der Waals surface area (Å²) in [6.07, 6.45) is -5.57. The molecule has 0 aliphatic rings. The Morgan fingerprint density at radius 2 is 1.94 bits per heavy atom. The Labute approximate surface area is 92.9 Å². The van der Waals surface area contributed by atoms with E-state index in [-0.39, 0.29) is 19.6 Å². The van der Waals surface area contributed by atoms with Crippen molar-refractivity contribution in [1.29, 1.82) is 0 Å². The molecule has 0 heterocycles. The molecule has 0 aliphatic heterocycles. The minimum absolute atomic E-state index is 0.0865. The third kappa shape index (κ3) is 7.50. The van der Waals surface area contributed by atoms with Gasteiger partial charge in [-0.1, -0.05) is 6.92 Å². The van der Waals surface area contributed by atoms with Crippen LogP contribution in [0.1, 0.15) is 33.1 Å². The minimum atomic E-state index is -4.17. The summed E-state index contributed by atoms with van der Waals surface area (Å²) in [5.74, 6) is -0.517. The van der Waals surface area contributed by atoms with Gasteiger partial charge in [0.25, 0.3) is 0 Å².